The van der Waals surface area contributed by atoms with E-state index < -0.39 is 5.97 Å². The number of hydrogen-bond donors (Lipinski definition) is 2. The molecule has 0 saturated carbocycles. The lowest BCUT2D eigenvalue weighted by molar-refractivity contribution is -0.138. The minimum absolute atomic E-state index is 0.0206. The van der Waals surface area contributed by atoms with Gasteiger partial charge in [0.1, 0.15) is 0 Å². The Morgan fingerprint density at radius 3 is 2.69 bits per heavy atom. The van der Waals surface area contributed by atoms with Crippen molar-refractivity contribution in [2.75, 3.05) is 5.32 Å². The summed E-state index contributed by atoms with van der Waals surface area (Å²) < 4.78 is 1.77. The Kier molecular flexibility index (Phi) is 5.20. The van der Waals surface area contributed by atoms with Crippen LogP contribution >= 0.6 is 38.5 Å². The van der Waals surface area contributed by atoms with Crippen molar-refractivity contribution in [3.63, 3.8) is 0 Å². The molecule has 0 bridgehead atoms. The molecule has 1 rings (SSSR count). The number of aliphatic carboxylic acids is 1. The Balaban J connectivity index is 2.62. The molecule has 1 amide bonds. The summed E-state index contributed by atoms with van der Waals surface area (Å²) in [5.74, 6) is -1.28. The molecule has 86 valence electrons. The fourth-order valence-corrected chi connectivity index (χ4v) is 1.86. The van der Waals surface area contributed by atoms with Crippen LogP contribution in [0.2, 0.25) is 0 Å². The number of hydrogen-bond acceptors (Lipinski definition) is 2. The highest BCUT2D eigenvalue weighted by Crippen LogP contribution is 2.24. The molecule has 0 aromatic heterocycles. The number of nitrogens with one attached hydrogen (secondary N) is 1. The molecule has 1 aromatic carbocycles. The summed E-state index contributed by atoms with van der Waals surface area (Å²) in [6.07, 6.45) is -0.180. The summed E-state index contributed by atoms with van der Waals surface area (Å²) in [5.41, 5.74) is 0.655. The lowest BCUT2D eigenvalue weighted by Crippen LogP contribution is -2.13. The molecule has 4 nitrogen and oxygen atoms in total. The standard InChI is InChI=1S/C10H9BrINO3/c11-7-2-1-6(12)5-8(7)13-9(14)3-4-10(15)16/h1-2,5H,3-4H2,(H,13,14)(H,15,16). The third kappa shape index (κ3) is 4.48. The average molecular weight is 398 g/mol. The SMILES string of the molecule is O=C(O)CCC(=O)Nc1cc(I)ccc1Br. The Morgan fingerprint density at radius 1 is 1.38 bits per heavy atom. The van der Waals surface area contributed by atoms with Crippen LogP contribution in [0.25, 0.3) is 0 Å². The van der Waals surface area contributed by atoms with E-state index in [9.17, 15) is 9.59 Å². The summed E-state index contributed by atoms with van der Waals surface area (Å²) >= 11 is 5.44. The number of rotatable bonds is 4. The third-order valence-electron chi connectivity index (χ3n) is 1.77. The lowest BCUT2D eigenvalue weighted by Gasteiger charge is -2.07. The zero-order valence-electron chi connectivity index (χ0n) is 8.17. The van der Waals surface area contributed by atoms with Gasteiger partial charge in [0.2, 0.25) is 5.91 Å². The number of carboxylic acids is 1. The highest BCUT2D eigenvalue weighted by atomic mass is 127. The first-order valence-electron chi connectivity index (χ1n) is 4.45. The molecule has 0 atom stereocenters. The molecule has 0 spiro atoms. The second kappa shape index (κ2) is 6.19. The minimum atomic E-state index is -0.975. The fourth-order valence-electron chi connectivity index (χ4n) is 1.03. The van der Waals surface area contributed by atoms with Crippen LogP contribution in [0.3, 0.4) is 0 Å². The maximum absolute atomic E-state index is 11.4. The first-order chi connectivity index (χ1) is 7.49. The average Bonchev–Trinajstić information content (AvgIpc) is 2.20. The minimum Gasteiger partial charge on any atom is -0.481 e. The number of carbonyl (C=O) groups excluding carboxylic acids is 1. The number of benzene rings is 1. The monoisotopic (exact) mass is 397 g/mol. The van der Waals surface area contributed by atoms with Gasteiger partial charge in [-0.25, -0.2) is 0 Å². The van der Waals surface area contributed by atoms with Crippen LogP contribution in [0.15, 0.2) is 22.7 Å². The van der Waals surface area contributed by atoms with Gasteiger partial charge in [-0.1, -0.05) is 0 Å². The van der Waals surface area contributed by atoms with Crippen molar-refractivity contribution in [2.24, 2.45) is 0 Å². The first kappa shape index (κ1) is 13.4. The van der Waals surface area contributed by atoms with E-state index in [0.29, 0.717) is 5.69 Å². The Hall–Kier alpha value is -0.630. The van der Waals surface area contributed by atoms with E-state index in [1.807, 2.05) is 18.2 Å². The van der Waals surface area contributed by atoms with Gasteiger partial charge in [-0.2, -0.15) is 0 Å². The van der Waals surface area contributed by atoms with Crippen LogP contribution in [0.4, 0.5) is 5.69 Å². The second-order valence-electron chi connectivity index (χ2n) is 3.07. The number of amides is 1. The molecule has 6 heteroatoms. The Labute approximate surface area is 115 Å². The fraction of sp³-hybridized carbons (Fsp3) is 0.200. The number of anilines is 1. The van der Waals surface area contributed by atoms with Crippen LogP contribution in [0, 0.1) is 3.57 Å². The molecule has 1 aromatic rings. The molecule has 16 heavy (non-hydrogen) atoms. The maximum atomic E-state index is 11.4. The van der Waals surface area contributed by atoms with Crippen molar-refractivity contribution in [1.29, 1.82) is 0 Å². The molecule has 0 saturated heterocycles. The zero-order valence-corrected chi connectivity index (χ0v) is 11.9. The van der Waals surface area contributed by atoms with Crippen LogP contribution in [0.1, 0.15) is 12.8 Å². The van der Waals surface area contributed by atoms with E-state index in [0.717, 1.165) is 8.04 Å². The molecular weight excluding hydrogens is 389 g/mol. The quantitative estimate of drug-likeness (QED) is 0.767. The summed E-state index contributed by atoms with van der Waals surface area (Å²) in [6.45, 7) is 0. The van der Waals surface area contributed by atoms with Crippen LogP contribution in [0.5, 0.6) is 0 Å². The number of carbonyl (C=O) groups is 2. The lowest BCUT2D eigenvalue weighted by atomic mass is 10.2. The smallest absolute Gasteiger partial charge is 0.303 e. The van der Waals surface area contributed by atoms with Crippen molar-refractivity contribution in [1.82, 2.24) is 0 Å². The van der Waals surface area contributed by atoms with E-state index in [4.69, 9.17) is 5.11 Å². The molecule has 0 aliphatic heterocycles. The van der Waals surface area contributed by atoms with Crippen molar-refractivity contribution in [2.45, 2.75) is 12.8 Å². The van der Waals surface area contributed by atoms with Crippen molar-refractivity contribution in [3.05, 3.63) is 26.2 Å². The van der Waals surface area contributed by atoms with Crippen LogP contribution < -0.4 is 5.32 Å². The van der Waals surface area contributed by atoms with Gasteiger partial charge >= 0.3 is 5.97 Å². The van der Waals surface area contributed by atoms with E-state index >= 15 is 0 Å². The molecule has 0 aliphatic carbocycles. The number of carboxylic acid groups (broad SMARTS) is 1. The second-order valence-corrected chi connectivity index (χ2v) is 5.17. The van der Waals surface area contributed by atoms with Gasteiger partial charge in [0.15, 0.2) is 0 Å². The van der Waals surface area contributed by atoms with Crippen molar-refractivity contribution in [3.8, 4) is 0 Å². The van der Waals surface area contributed by atoms with Crippen molar-refractivity contribution >= 4 is 56.1 Å². The number of halogens is 2. The highest BCUT2D eigenvalue weighted by Gasteiger charge is 2.08. The summed E-state index contributed by atoms with van der Waals surface area (Å²) in [7, 11) is 0. The highest BCUT2D eigenvalue weighted by molar-refractivity contribution is 14.1. The Bertz CT molecular complexity index is 423. The molecule has 0 radical (unpaired) electrons. The zero-order chi connectivity index (χ0) is 12.1. The van der Waals surface area contributed by atoms with E-state index in [2.05, 4.69) is 43.8 Å². The van der Waals surface area contributed by atoms with Gasteiger partial charge in [-0.15, -0.1) is 0 Å². The normalized spacial score (nSPS) is 9.88. The van der Waals surface area contributed by atoms with E-state index in [1.165, 1.54) is 0 Å². The predicted molar refractivity (Wildman–Crippen MR) is 72.4 cm³/mol. The van der Waals surface area contributed by atoms with Gasteiger partial charge in [0.25, 0.3) is 0 Å². The Morgan fingerprint density at radius 2 is 2.06 bits per heavy atom. The molecular formula is C10H9BrINO3. The largest absolute Gasteiger partial charge is 0.481 e. The van der Waals surface area contributed by atoms with Crippen LogP contribution in [-0.2, 0) is 9.59 Å². The summed E-state index contributed by atoms with van der Waals surface area (Å²) in [4.78, 5) is 21.7. The summed E-state index contributed by atoms with van der Waals surface area (Å²) in [5, 5.41) is 11.1. The third-order valence-corrected chi connectivity index (χ3v) is 3.13. The molecule has 0 heterocycles. The summed E-state index contributed by atoms with van der Waals surface area (Å²) in [6, 6.07) is 5.54. The van der Waals surface area contributed by atoms with E-state index in [1.54, 1.807) is 0 Å². The van der Waals surface area contributed by atoms with Gasteiger partial charge in [0.05, 0.1) is 12.1 Å². The van der Waals surface area contributed by atoms with Gasteiger partial charge in [-0.05, 0) is 56.7 Å². The first-order valence-corrected chi connectivity index (χ1v) is 6.33. The topological polar surface area (TPSA) is 66.4 Å². The maximum Gasteiger partial charge on any atom is 0.303 e. The predicted octanol–water partition coefficient (Wildman–Crippen LogP) is 2.86. The molecule has 2 N–H and O–H groups in total. The van der Waals surface area contributed by atoms with Crippen molar-refractivity contribution < 1.29 is 14.7 Å². The molecule has 0 fully saturated rings. The van der Waals surface area contributed by atoms with Gasteiger partial charge in [0, 0.05) is 14.5 Å². The molecule has 0 aliphatic rings. The molecule has 0 unspecified atom stereocenters. The van der Waals surface area contributed by atoms with Gasteiger partial charge < -0.3 is 10.4 Å². The van der Waals surface area contributed by atoms with E-state index in [-0.39, 0.29) is 18.7 Å². The van der Waals surface area contributed by atoms with Gasteiger partial charge in [-0.3, -0.25) is 9.59 Å². The van der Waals surface area contributed by atoms with Crippen LogP contribution in [-0.4, -0.2) is 17.0 Å².